The van der Waals surface area contributed by atoms with Gasteiger partial charge >= 0.3 is 0 Å². The molecule has 0 radical (unpaired) electrons. The van der Waals surface area contributed by atoms with E-state index in [4.69, 9.17) is 0 Å². The zero-order chi connectivity index (χ0) is 12.0. The summed E-state index contributed by atoms with van der Waals surface area (Å²) >= 11 is 0. The highest BCUT2D eigenvalue weighted by atomic mass is 32.2. The van der Waals surface area contributed by atoms with Crippen LogP contribution in [0.3, 0.4) is 0 Å². The van der Waals surface area contributed by atoms with Gasteiger partial charge in [-0.2, -0.15) is 0 Å². The summed E-state index contributed by atoms with van der Waals surface area (Å²) in [4.78, 5) is 0. The van der Waals surface area contributed by atoms with Crippen LogP contribution in [0.2, 0.25) is 0 Å². The fourth-order valence-corrected chi connectivity index (χ4v) is 3.17. The quantitative estimate of drug-likeness (QED) is 0.708. The normalized spacial score (nSPS) is 21.8. The van der Waals surface area contributed by atoms with Crippen molar-refractivity contribution >= 4 is 10.0 Å². The van der Waals surface area contributed by atoms with Gasteiger partial charge in [-0.1, -0.05) is 11.6 Å². The molecule has 1 atom stereocenters. The maximum atomic E-state index is 11.7. The molecule has 1 rings (SSSR count). The van der Waals surface area contributed by atoms with E-state index in [0.29, 0.717) is 6.54 Å². The van der Waals surface area contributed by atoms with Crippen molar-refractivity contribution in [1.82, 2.24) is 10.0 Å². The molecule has 94 valence electrons. The molecule has 4 nitrogen and oxygen atoms in total. The third kappa shape index (κ3) is 5.63. The molecule has 1 saturated heterocycles. The van der Waals surface area contributed by atoms with Crippen molar-refractivity contribution in [2.24, 2.45) is 5.92 Å². The lowest BCUT2D eigenvalue weighted by atomic mass is 10.0. The first-order chi connectivity index (χ1) is 7.49. The summed E-state index contributed by atoms with van der Waals surface area (Å²) in [6.07, 6.45) is 3.97. The molecule has 0 amide bonds. The standard InChI is InChI=1S/C11H22N2O2S/c1-10(2)5-7-13-16(14,15)9-11-4-3-6-12-8-11/h5,11-13H,3-4,6-9H2,1-2H3. The van der Waals surface area contributed by atoms with Crippen molar-refractivity contribution in [2.45, 2.75) is 26.7 Å². The highest BCUT2D eigenvalue weighted by molar-refractivity contribution is 7.89. The first-order valence-corrected chi connectivity index (χ1v) is 7.46. The van der Waals surface area contributed by atoms with E-state index < -0.39 is 10.0 Å². The van der Waals surface area contributed by atoms with E-state index >= 15 is 0 Å². The Bertz CT molecular complexity index is 326. The van der Waals surface area contributed by atoms with Crippen molar-refractivity contribution in [3.05, 3.63) is 11.6 Å². The molecule has 0 bridgehead atoms. The first-order valence-electron chi connectivity index (χ1n) is 5.81. The number of piperidine rings is 1. The summed E-state index contributed by atoms with van der Waals surface area (Å²) in [5, 5.41) is 3.23. The number of nitrogens with one attached hydrogen (secondary N) is 2. The van der Waals surface area contributed by atoms with E-state index in [9.17, 15) is 8.42 Å². The molecular weight excluding hydrogens is 224 g/mol. The number of allylic oxidation sites excluding steroid dienone is 1. The molecule has 2 N–H and O–H groups in total. The van der Waals surface area contributed by atoms with Crippen LogP contribution >= 0.6 is 0 Å². The zero-order valence-electron chi connectivity index (χ0n) is 10.1. The van der Waals surface area contributed by atoms with E-state index in [0.717, 1.165) is 31.5 Å². The van der Waals surface area contributed by atoms with Gasteiger partial charge in [-0.15, -0.1) is 0 Å². The molecule has 1 fully saturated rings. The predicted octanol–water partition coefficient (Wildman–Crippen LogP) is 0.872. The van der Waals surface area contributed by atoms with E-state index in [1.165, 1.54) is 0 Å². The Balaban J connectivity index is 2.35. The second-order valence-corrected chi connectivity index (χ2v) is 6.48. The van der Waals surface area contributed by atoms with Gasteiger partial charge in [0.25, 0.3) is 0 Å². The Kier molecular flexibility index (Phi) is 5.44. The Morgan fingerprint density at radius 2 is 2.25 bits per heavy atom. The largest absolute Gasteiger partial charge is 0.316 e. The highest BCUT2D eigenvalue weighted by Crippen LogP contribution is 2.11. The van der Waals surface area contributed by atoms with E-state index in [1.807, 2.05) is 19.9 Å². The van der Waals surface area contributed by atoms with Gasteiger partial charge in [0, 0.05) is 6.54 Å². The van der Waals surface area contributed by atoms with E-state index in [-0.39, 0.29) is 11.7 Å². The lowest BCUT2D eigenvalue weighted by Crippen LogP contribution is -2.37. The summed E-state index contributed by atoms with van der Waals surface area (Å²) in [5.41, 5.74) is 1.13. The van der Waals surface area contributed by atoms with Gasteiger partial charge in [-0.3, -0.25) is 0 Å². The third-order valence-corrected chi connectivity index (χ3v) is 4.18. The molecule has 1 aliphatic rings. The molecular formula is C11H22N2O2S. The molecule has 0 aromatic heterocycles. The van der Waals surface area contributed by atoms with Crippen molar-refractivity contribution in [1.29, 1.82) is 0 Å². The maximum absolute atomic E-state index is 11.7. The summed E-state index contributed by atoms with van der Waals surface area (Å²) in [5.74, 6) is 0.509. The van der Waals surface area contributed by atoms with Crippen molar-refractivity contribution in [2.75, 3.05) is 25.4 Å². The molecule has 1 heterocycles. The van der Waals surface area contributed by atoms with Crippen molar-refractivity contribution in [3.8, 4) is 0 Å². The van der Waals surface area contributed by atoms with Gasteiger partial charge in [-0.25, -0.2) is 13.1 Å². The fourth-order valence-electron chi connectivity index (χ4n) is 1.81. The lowest BCUT2D eigenvalue weighted by molar-refractivity contribution is 0.403. The van der Waals surface area contributed by atoms with Crippen LogP contribution in [0.5, 0.6) is 0 Å². The van der Waals surface area contributed by atoms with Crippen LogP contribution in [0.15, 0.2) is 11.6 Å². The number of sulfonamides is 1. The summed E-state index contributed by atoms with van der Waals surface area (Å²) < 4.78 is 26.0. The monoisotopic (exact) mass is 246 g/mol. The molecule has 0 aromatic rings. The van der Waals surface area contributed by atoms with Gasteiger partial charge in [-0.05, 0) is 45.7 Å². The highest BCUT2D eigenvalue weighted by Gasteiger charge is 2.20. The smallest absolute Gasteiger partial charge is 0.212 e. The van der Waals surface area contributed by atoms with E-state index in [2.05, 4.69) is 10.0 Å². The first kappa shape index (κ1) is 13.7. The second-order valence-electron chi connectivity index (χ2n) is 4.62. The average molecular weight is 246 g/mol. The predicted molar refractivity (Wildman–Crippen MR) is 66.8 cm³/mol. The van der Waals surface area contributed by atoms with Crippen LogP contribution in [0.25, 0.3) is 0 Å². The number of hydrogen-bond donors (Lipinski definition) is 2. The summed E-state index contributed by atoms with van der Waals surface area (Å²) in [7, 11) is -3.11. The minimum atomic E-state index is -3.11. The minimum Gasteiger partial charge on any atom is -0.316 e. The van der Waals surface area contributed by atoms with Gasteiger partial charge in [0.1, 0.15) is 0 Å². The molecule has 16 heavy (non-hydrogen) atoms. The van der Waals surface area contributed by atoms with Crippen LogP contribution < -0.4 is 10.0 Å². The van der Waals surface area contributed by atoms with Crippen LogP contribution in [-0.4, -0.2) is 33.8 Å². The van der Waals surface area contributed by atoms with Gasteiger partial charge in [0.2, 0.25) is 10.0 Å². The maximum Gasteiger partial charge on any atom is 0.212 e. The van der Waals surface area contributed by atoms with Gasteiger partial charge in [0.15, 0.2) is 0 Å². The molecule has 5 heteroatoms. The average Bonchev–Trinajstić information content (AvgIpc) is 2.17. The Hall–Kier alpha value is -0.390. The van der Waals surface area contributed by atoms with Crippen LogP contribution in [0.1, 0.15) is 26.7 Å². The summed E-state index contributed by atoms with van der Waals surface area (Å²) in [6, 6.07) is 0. The minimum absolute atomic E-state index is 0.247. The second kappa shape index (κ2) is 6.37. The molecule has 1 aliphatic heterocycles. The lowest BCUT2D eigenvalue weighted by Gasteiger charge is -2.22. The molecule has 0 aromatic carbocycles. The Morgan fingerprint density at radius 3 is 2.81 bits per heavy atom. The molecule has 1 unspecified atom stereocenters. The van der Waals surface area contributed by atoms with Gasteiger partial charge in [0.05, 0.1) is 5.75 Å². The molecule has 0 aliphatic carbocycles. The van der Waals surface area contributed by atoms with Crippen LogP contribution in [0.4, 0.5) is 0 Å². The van der Waals surface area contributed by atoms with Crippen molar-refractivity contribution < 1.29 is 8.42 Å². The molecule has 0 spiro atoms. The number of hydrogen-bond acceptors (Lipinski definition) is 3. The van der Waals surface area contributed by atoms with Crippen LogP contribution in [0, 0.1) is 5.92 Å². The van der Waals surface area contributed by atoms with E-state index in [1.54, 1.807) is 0 Å². The topological polar surface area (TPSA) is 58.2 Å². The SMILES string of the molecule is CC(C)=CCNS(=O)(=O)CC1CCCNC1. The van der Waals surface area contributed by atoms with Gasteiger partial charge < -0.3 is 5.32 Å². The van der Waals surface area contributed by atoms with Crippen molar-refractivity contribution in [3.63, 3.8) is 0 Å². The third-order valence-electron chi connectivity index (χ3n) is 2.67. The number of rotatable bonds is 5. The fraction of sp³-hybridized carbons (Fsp3) is 0.818. The van der Waals surface area contributed by atoms with Crippen LogP contribution in [-0.2, 0) is 10.0 Å². The Morgan fingerprint density at radius 1 is 1.50 bits per heavy atom. The zero-order valence-corrected chi connectivity index (χ0v) is 10.9. The molecule has 0 saturated carbocycles. The Labute approximate surface area is 98.6 Å². The summed E-state index contributed by atoms with van der Waals surface area (Å²) in [6.45, 7) is 6.16.